The van der Waals surface area contributed by atoms with E-state index in [2.05, 4.69) is 9.88 Å². The Balaban J connectivity index is 1.66. The van der Waals surface area contributed by atoms with Gasteiger partial charge in [0, 0.05) is 39.3 Å². The Labute approximate surface area is 134 Å². The molecule has 2 fully saturated rings. The molecule has 8 nitrogen and oxygen atoms in total. The molecule has 0 spiro atoms. The summed E-state index contributed by atoms with van der Waals surface area (Å²) in [5, 5.41) is 0. The number of nitrogens with one attached hydrogen (secondary N) is 1. The van der Waals surface area contributed by atoms with E-state index in [1.54, 1.807) is 0 Å². The fourth-order valence-corrected chi connectivity index (χ4v) is 3.31. The summed E-state index contributed by atoms with van der Waals surface area (Å²) >= 11 is 0. The number of hydrogen-bond acceptors (Lipinski definition) is 5. The lowest BCUT2D eigenvalue weighted by Crippen LogP contribution is -2.53. The quantitative estimate of drug-likeness (QED) is 0.741. The minimum atomic E-state index is -0.418. The van der Waals surface area contributed by atoms with Crippen molar-refractivity contribution in [3.63, 3.8) is 0 Å². The minimum absolute atomic E-state index is 0.00498. The van der Waals surface area contributed by atoms with Crippen molar-refractivity contribution in [2.45, 2.75) is 18.9 Å². The summed E-state index contributed by atoms with van der Waals surface area (Å²) in [6, 6.07) is 1.44. The Bertz CT molecular complexity index is 671. The Morgan fingerprint density at radius 1 is 1.13 bits per heavy atom. The number of likely N-dealkylation sites (N-methyl/N-ethyl adjacent to an activating group) is 1. The van der Waals surface area contributed by atoms with Gasteiger partial charge >= 0.3 is 5.69 Å². The third kappa shape index (κ3) is 3.03. The maximum absolute atomic E-state index is 12.6. The molecule has 3 rings (SSSR count). The van der Waals surface area contributed by atoms with Crippen LogP contribution in [0.2, 0.25) is 0 Å². The molecule has 1 aromatic rings. The first-order chi connectivity index (χ1) is 11.0. The molecule has 1 unspecified atom stereocenters. The minimum Gasteiger partial charge on any atom is -0.354 e. The lowest BCUT2D eigenvalue weighted by molar-refractivity contribution is -0.135. The van der Waals surface area contributed by atoms with Gasteiger partial charge in [-0.05, 0) is 26.4 Å². The third-order valence-electron chi connectivity index (χ3n) is 4.87. The first kappa shape index (κ1) is 15.8. The number of nitrogens with zero attached hydrogens (tertiary/aromatic N) is 4. The van der Waals surface area contributed by atoms with Crippen molar-refractivity contribution < 1.29 is 4.79 Å². The Morgan fingerprint density at radius 3 is 2.39 bits per heavy atom. The number of hydrogen-bond donors (Lipinski definition) is 1. The first-order valence-corrected chi connectivity index (χ1v) is 8.01. The van der Waals surface area contributed by atoms with Gasteiger partial charge in [-0.2, -0.15) is 0 Å². The molecule has 1 atom stereocenters. The van der Waals surface area contributed by atoms with Crippen molar-refractivity contribution in [3.05, 3.63) is 26.9 Å². The van der Waals surface area contributed by atoms with Crippen molar-refractivity contribution in [2.24, 2.45) is 7.05 Å². The summed E-state index contributed by atoms with van der Waals surface area (Å²) in [4.78, 5) is 44.7. The highest BCUT2D eigenvalue weighted by Gasteiger charge is 2.32. The molecule has 0 aromatic carbocycles. The van der Waals surface area contributed by atoms with Crippen molar-refractivity contribution in [3.8, 4) is 0 Å². The molecule has 0 saturated carbocycles. The zero-order chi connectivity index (χ0) is 16.6. The van der Waals surface area contributed by atoms with Crippen molar-refractivity contribution in [1.82, 2.24) is 19.4 Å². The Hall–Kier alpha value is -2.09. The predicted molar refractivity (Wildman–Crippen MR) is 86.7 cm³/mol. The highest BCUT2D eigenvalue weighted by molar-refractivity contribution is 5.82. The maximum Gasteiger partial charge on any atom is 0.329 e. The van der Waals surface area contributed by atoms with Crippen LogP contribution in [0.5, 0.6) is 0 Å². The molecule has 2 aliphatic heterocycles. The Morgan fingerprint density at radius 2 is 1.83 bits per heavy atom. The van der Waals surface area contributed by atoms with Gasteiger partial charge in [-0.3, -0.25) is 24.0 Å². The van der Waals surface area contributed by atoms with Crippen LogP contribution in [0, 0.1) is 0 Å². The Kier molecular flexibility index (Phi) is 4.25. The molecule has 126 valence electrons. The number of aromatic nitrogens is 2. The molecule has 8 heteroatoms. The molecule has 23 heavy (non-hydrogen) atoms. The van der Waals surface area contributed by atoms with E-state index in [1.165, 1.54) is 13.1 Å². The lowest BCUT2D eigenvalue weighted by Gasteiger charge is -2.37. The number of piperazine rings is 1. The topological polar surface area (TPSA) is 81.7 Å². The number of likely N-dealkylation sites (tertiary alicyclic amines) is 1. The third-order valence-corrected chi connectivity index (χ3v) is 4.87. The van der Waals surface area contributed by atoms with E-state index in [0.717, 1.165) is 24.0 Å². The van der Waals surface area contributed by atoms with Gasteiger partial charge in [0.15, 0.2) is 0 Å². The average molecular weight is 321 g/mol. The van der Waals surface area contributed by atoms with Crippen LogP contribution in [0.25, 0.3) is 0 Å². The van der Waals surface area contributed by atoms with E-state index in [4.69, 9.17) is 0 Å². The average Bonchev–Trinajstić information content (AvgIpc) is 2.97. The van der Waals surface area contributed by atoms with Gasteiger partial charge in [0.05, 0.1) is 6.04 Å². The maximum atomic E-state index is 12.6. The highest BCUT2D eigenvalue weighted by Crippen LogP contribution is 2.19. The van der Waals surface area contributed by atoms with E-state index in [1.807, 2.05) is 16.8 Å². The van der Waals surface area contributed by atoms with E-state index < -0.39 is 5.69 Å². The summed E-state index contributed by atoms with van der Waals surface area (Å²) in [7, 11) is 3.44. The van der Waals surface area contributed by atoms with E-state index in [-0.39, 0.29) is 17.5 Å². The van der Waals surface area contributed by atoms with Gasteiger partial charge in [0.1, 0.15) is 5.82 Å². The summed E-state index contributed by atoms with van der Waals surface area (Å²) in [6.45, 7) is 3.43. The van der Waals surface area contributed by atoms with Gasteiger partial charge in [0.2, 0.25) is 5.91 Å². The second-order valence-corrected chi connectivity index (χ2v) is 6.31. The predicted octanol–water partition coefficient (Wildman–Crippen LogP) is -1.18. The molecule has 1 N–H and O–H groups in total. The zero-order valence-electron chi connectivity index (χ0n) is 13.6. The molecule has 2 aliphatic rings. The van der Waals surface area contributed by atoms with Crippen molar-refractivity contribution in [2.75, 3.05) is 44.7 Å². The standard InChI is InChI=1S/C15H23N5O3/c1-17-5-3-4-11(17)14(22)20-8-6-19(7-9-20)12-10-13(21)18(2)15(23)16-12/h10-11H,3-9H2,1-2H3,(H,16,23). The largest absolute Gasteiger partial charge is 0.354 e. The first-order valence-electron chi connectivity index (χ1n) is 8.01. The van der Waals surface area contributed by atoms with E-state index in [9.17, 15) is 14.4 Å². The van der Waals surface area contributed by atoms with Crippen LogP contribution in [0.3, 0.4) is 0 Å². The van der Waals surface area contributed by atoms with Crippen LogP contribution in [0.15, 0.2) is 15.7 Å². The van der Waals surface area contributed by atoms with E-state index in [0.29, 0.717) is 32.0 Å². The monoisotopic (exact) mass is 321 g/mol. The molecule has 0 bridgehead atoms. The molecule has 3 heterocycles. The zero-order valence-corrected chi connectivity index (χ0v) is 13.6. The molecule has 1 amide bonds. The smallest absolute Gasteiger partial charge is 0.329 e. The highest BCUT2D eigenvalue weighted by atomic mass is 16.2. The van der Waals surface area contributed by atoms with E-state index >= 15 is 0 Å². The fourth-order valence-electron chi connectivity index (χ4n) is 3.31. The number of rotatable bonds is 2. The number of H-pyrrole nitrogens is 1. The van der Waals surface area contributed by atoms with Gasteiger partial charge in [-0.25, -0.2) is 4.79 Å². The van der Waals surface area contributed by atoms with Gasteiger partial charge in [-0.1, -0.05) is 0 Å². The van der Waals surface area contributed by atoms with Crippen LogP contribution in [-0.2, 0) is 11.8 Å². The van der Waals surface area contributed by atoms with Gasteiger partial charge in [-0.15, -0.1) is 0 Å². The molecular weight excluding hydrogens is 298 g/mol. The SMILES string of the molecule is CN1CCCC1C(=O)N1CCN(c2cc(=O)n(C)c(=O)[nH]2)CC1. The summed E-state index contributed by atoms with van der Waals surface area (Å²) < 4.78 is 1.04. The number of anilines is 1. The van der Waals surface area contributed by atoms with Crippen LogP contribution < -0.4 is 16.1 Å². The van der Waals surface area contributed by atoms with Crippen molar-refractivity contribution in [1.29, 1.82) is 0 Å². The van der Waals surface area contributed by atoms with Crippen LogP contribution in [0.4, 0.5) is 5.82 Å². The second-order valence-electron chi connectivity index (χ2n) is 6.31. The summed E-state index contributed by atoms with van der Waals surface area (Å²) in [5.74, 6) is 0.727. The second kappa shape index (κ2) is 6.19. The molecular formula is C15H23N5O3. The molecule has 0 radical (unpaired) electrons. The number of amides is 1. The molecule has 0 aliphatic carbocycles. The fraction of sp³-hybridized carbons (Fsp3) is 0.667. The molecule has 2 saturated heterocycles. The van der Waals surface area contributed by atoms with Crippen molar-refractivity contribution >= 4 is 11.7 Å². The number of carbonyl (C=O) groups is 1. The van der Waals surface area contributed by atoms with Gasteiger partial charge < -0.3 is 9.80 Å². The number of carbonyl (C=O) groups excluding carboxylic acids is 1. The lowest BCUT2D eigenvalue weighted by atomic mass is 10.1. The summed E-state index contributed by atoms with van der Waals surface area (Å²) in [6.07, 6.45) is 2.00. The van der Waals surface area contributed by atoms with Gasteiger partial charge in [0.25, 0.3) is 5.56 Å². The normalized spacial score (nSPS) is 22.6. The van der Waals surface area contributed by atoms with Crippen LogP contribution in [0.1, 0.15) is 12.8 Å². The van der Waals surface area contributed by atoms with Crippen LogP contribution in [-0.4, -0.2) is 71.1 Å². The molecule has 1 aromatic heterocycles. The number of aromatic amines is 1. The van der Waals surface area contributed by atoms with Crippen LogP contribution >= 0.6 is 0 Å². The summed E-state index contributed by atoms with van der Waals surface area (Å²) in [5.41, 5.74) is -0.742.